The van der Waals surface area contributed by atoms with Crippen LogP contribution in [0.4, 0.5) is 0 Å². The number of carbonyl (C=O) groups excluding carboxylic acids is 10. The summed E-state index contributed by atoms with van der Waals surface area (Å²) in [5, 5.41) is 100. The molecule has 777 valence electrons. The largest absolute Gasteiger partial charge is 2.00 e. The summed E-state index contributed by atoms with van der Waals surface area (Å²) < 4.78 is 0. The number of rotatable bonds is 88. The number of carboxylic acids is 10. The molecule has 0 unspecified atom stereocenters. The average Bonchev–Trinajstić information content (AvgIpc) is 1.21. The van der Waals surface area contributed by atoms with Crippen molar-refractivity contribution < 1.29 is 116 Å². The number of hydrogen-bond acceptors (Lipinski definition) is 20. The third-order valence-corrected chi connectivity index (χ3v) is 21.8. The summed E-state index contributed by atoms with van der Waals surface area (Å²) in [4.78, 5) is 100. The fraction of sp³-hybridized carbons (Fsp3) is 0.907. The SMILES string of the molecule is CCCCCCCCCC(=O)[O-].CCCCCCCCCC(=O)[O-].CCCCCCCCCC(=O)[O-].CCCCCCCCCC(=O)[O-].CCCCCCCCCC(=O)[O-].CCCCCCCCCC(=O)[O-].CCCCCCCCCC(=O)[O-].CCCCCCCCCC(=O)[O-].CCCCCCCCCC(=O)[O-].CCCCCCCCCCCCCCCCCC(=O)[O-].[Cu+2]. The number of hydrogen-bond donors (Lipinski definition) is 0. The van der Waals surface area contributed by atoms with E-state index in [1.807, 2.05) is 0 Å². The van der Waals surface area contributed by atoms with Gasteiger partial charge in [-0.2, -0.15) is 0 Å². The molecule has 0 N–H and O–H groups in total. The third kappa shape index (κ3) is 208. The zero-order valence-corrected chi connectivity index (χ0v) is 86.6. The molecule has 0 bridgehead atoms. The van der Waals surface area contributed by atoms with Gasteiger partial charge in [0, 0.05) is 59.7 Å². The van der Waals surface area contributed by atoms with Crippen LogP contribution in [0, 0.1) is 0 Å². The number of carbonyl (C=O) groups is 10. The summed E-state index contributed by atoms with van der Waals surface area (Å²) in [6.45, 7) is 22.0. The van der Waals surface area contributed by atoms with Crippen molar-refractivity contribution in [1.82, 2.24) is 0 Å². The van der Waals surface area contributed by atoms with Crippen LogP contribution in [0.2, 0.25) is 0 Å². The van der Waals surface area contributed by atoms with E-state index in [9.17, 15) is 99.0 Å². The van der Waals surface area contributed by atoms with Gasteiger partial charge >= 0.3 is 17.1 Å². The van der Waals surface area contributed by atoms with E-state index in [-0.39, 0.29) is 81.3 Å². The fourth-order valence-electron chi connectivity index (χ4n) is 13.7. The molecule has 1 radical (unpaired) electrons. The van der Waals surface area contributed by atoms with Gasteiger partial charge in [0.15, 0.2) is 0 Å². The topological polar surface area (TPSA) is 401 Å². The Morgan fingerprint density at radius 3 is 0.194 bits per heavy atom. The zero-order chi connectivity index (χ0) is 98.0. The zero-order valence-electron chi connectivity index (χ0n) is 85.7. The van der Waals surface area contributed by atoms with Crippen LogP contribution in [0.1, 0.15) is 634 Å². The molecule has 0 aromatic rings. The number of unbranched alkanes of at least 4 members (excludes halogenated alkanes) is 68. The molecule has 0 aromatic heterocycles. The van der Waals surface area contributed by atoms with Gasteiger partial charge in [-0.3, -0.25) is 0 Å². The Balaban J connectivity index is -0.000000134. The van der Waals surface area contributed by atoms with E-state index in [1.165, 1.54) is 372 Å². The molecule has 0 aliphatic rings. The first-order chi connectivity index (χ1) is 61.7. The third-order valence-electron chi connectivity index (χ3n) is 21.8. The average molecular weight is 1890 g/mol. The van der Waals surface area contributed by atoms with Crippen LogP contribution in [0.15, 0.2) is 0 Å². The minimum Gasteiger partial charge on any atom is -0.550 e. The number of carboxylic acid groups (broad SMARTS) is 10. The van der Waals surface area contributed by atoms with E-state index in [0.29, 0.717) is 0 Å². The van der Waals surface area contributed by atoms with Crippen molar-refractivity contribution in [2.75, 3.05) is 0 Å². The molecular weight excluding hydrogens is 1680 g/mol. The van der Waals surface area contributed by atoms with Crippen molar-refractivity contribution in [1.29, 1.82) is 0 Å². The molecule has 0 saturated heterocycles. The van der Waals surface area contributed by atoms with Gasteiger partial charge in [0.1, 0.15) is 0 Å². The van der Waals surface area contributed by atoms with Crippen molar-refractivity contribution in [2.45, 2.75) is 634 Å². The van der Waals surface area contributed by atoms with Crippen LogP contribution in [0.3, 0.4) is 0 Å². The summed E-state index contributed by atoms with van der Waals surface area (Å²) in [6.07, 6.45) is 94.9. The smallest absolute Gasteiger partial charge is 0.550 e. The van der Waals surface area contributed by atoms with Gasteiger partial charge in [0.2, 0.25) is 0 Å². The van der Waals surface area contributed by atoms with Gasteiger partial charge in [-0.1, -0.05) is 506 Å². The molecule has 0 saturated carbocycles. The predicted molar refractivity (Wildman–Crippen MR) is 513 cm³/mol. The predicted octanol–water partition coefficient (Wildman–Crippen LogP) is 21.9. The molecule has 21 heteroatoms. The maximum Gasteiger partial charge on any atom is 2.00 e. The summed E-state index contributed by atoms with van der Waals surface area (Å²) in [6, 6.07) is 0. The van der Waals surface area contributed by atoms with Crippen molar-refractivity contribution in [3.8, 4) is 0 Å². The molecule has 0 aliphatic heterocycles. The van der Waals surface area contributed by atoms with Crippen LogP contribution in [-0.2, 0) is 65.0 Å². The quantitative estimate of drug-likeness (QED) is 0.0403. The second-order valence-corrected chi connectivity index (χ2v) is 35.3. The molecule has 0 fully saturated rings. The normalized spacial score (nSPS) is 10.1. The Bertz CT molecular complexity index is 1780. The number of aliphatic carboxylic acids is 10. The van der Waals surface area contributed by atoms with Crippen molar-refractivity contribution in [2.24, 2.45) is 0 Å². The molecule has 0 amide bonds. The van der Waals surface area contributed by atoms with Crippen LogP contribution < -0.4 is 51.1 Å². The molecule has 129 heavy (non-hydrogen) atoms. The minimum atomic E-state index is -0.913. The first-order valence-electron chi connectivity index (χ1n) is 53.7. The maximum atomic E-state index is 10.2. The van der Waals surface area contributed by atoms with E-state index in [4.69, 9.17) is 0 Å². The monoisotopic (exact) mass is 1890 g/mol. The van der Waals surface area contributed by atoms with Crippen molar-refractivity contribution in [3.05, 3.63) is 0 Å². The molecule has 0 heterocycles. The van der Waals surface area contributed by atoms with E-state index in [2.05, 4.69) is 69.2 Å². The Hall–Kier alpha value is -4.78. The van der Waals surface area contributed by atoms with Crippen LogP contribution >= 0.6 is 0 Å². The first-order valence-corrected chi connectivity index (χ1v) is 53.7. The van der Waals surface area contributed by atoms with E-state index in [1.54, 1.807) is 0 Å². The maximum absolute atomic E-state index is 10.2. The summed E-state index contributed by atoms with van der Waals surface area (Å²) in [5.41, 5.74) is 0. The molecule has 0 rings (SSSR count). The molecule has 0 aromatic carbocycles. The van der Waals surface area contributed by atoms with E-state index < -0.39 is 59.7 Å². The van der Waals surface area contributed by atoms with E-state index >= 15 is 0 Å². The van der Waals surface area contributed by atoms with Gasteiger partial charge in [-0.25, -0.2) is 0 Å². The van der Waals surface area contributed by atoms with Gasteiger partial charge in [0.05, 0.1) is 0 Å². The standard InChI is InChI=1S/C18H36O2.9C10H20O2.Cu/c1-2-3-4-5-6-7-8-9-10-11-12-13-14-15-16-17-18(19)20;9*1-2-3-4-5-6-7-8-9-10(11)12;/h2-17H2,1H3,(H,19,20);9*2-9H2,1H3,(H,11,12);/q;;;;;;;;;;+2/p-10. The van der Waals surface area contributed by atoms with Gasteiger partial charge in [-0.05, 0) is 128 Å². The molecule has 0 atom stereocenters. The van der Waals surface area contributed by atoms with Gasteiger partial charge < -0.3 is 99.0 Å². The molecule has 0 aliphatic carbocycles. The Kier molecular flexibility index (Phi) is 164. The Labute approximate surface area is 805 Å². The minimum absolute atomic E-state index is 0. The first kappa shape index (κ1) is 147. The molecule has 0 spiro atoms. The molecular formula is C108H206CuO20-8. The van der Waals surface area contributed by atoms with Crippen molar-refractivity contribution >= 4 is 59.7 Å². The van der Waals surface area contributed by atoms with Crippen molar-refractivity contribution in [3.63, 3.8) is 0 Å². The molecule has 20 nitrogen and oxygen atoms in total. The van der Waals surface area contributed by atoms with E-state index in [0.717, 1.165) is 128 Å². The Morgan fingerprint density at radius 1 is 0.101 bits per heavy atom. The van der Waals surface area contributed by atoms with Crippen LogP contribution in [0.5, 0.6) is 0 Å². The summed E-state index contributed by atoms with van der Waals surface area (Å²) >= 11 is 0. The summed E-state index contributed by atoms with van der Waals surface area (Å²) in [7, 11) is 0. The van der Waals surface area contributed by atoms with Gasteiger partial charge in [0.25, 0.3) is 0 Å². The summed E-state index contributed by atoms with van der Waals surface area (Å²) in [5.74, 6) is -9.12. The van der Waals surface area contributed by atoms with Crippen LogP contribution in [0.25, 0.3) is 0 Å². The second-order valence-electron chi connectivity index (χ2n) is 35.3. The van der Waals surface area contributed by atoms with Crippen LogP contribution in [-0.4, -0.2) is 59.7 Å². The Morgan fingerprint density at radius 2 is 0.147 bits per heavy atom. The fourth-order valence-corrected chi connectivity index (χ4v) is 13.7. The second kappa shape index (κ2) is 144. The van der Waals surface area contributed by atoms with Gasteiger partial charge in [-0.15, -0.1) is 0 Å².